The number of hydrogen-bond acceptors (Lipinski definition) is 2. The third-order valence-electron chi connectivity index (χ3n) is 4.32. The third kappa shape index (κ3) is 2.10. The molecule has 3 heteroatoms. The van der Waals surface area contributed by atoms with Crippen molar-refractivity contribution in [3.63, 3.8) is 0 Å². The van der Waals surface area contributed by atoms with Crippen LogP contribution in [-0.4, -0.2) is 34.6 Å². The summed E-state index contributed by atoms with van der Waals surface area (Å²) < 4.78 is 0. The molecule has 0 radical (unpaired) electrons. The first-order valence-electron chi connectivity index (χ1n) is 6.45. The fourth-order valence-corrected chi connectivity index (χ4v) is 2.53. The van der Waals surface area contributed by atoms with Gasteiger partial charge >= 0.3 is 0 Å². The van der Waals surface area contributed by atoms with Crippen LogP contribution in [0.5, 0.6) is 0 Å². The van der Waals surface area contributed by atoms with E-state index in [1.54, 1.807) is 0 Å². The summed E-state index contributed by atoms with van der Waals surface area (Å²) in [5.74, 6) is 1.12. The smallest absolute Gasteiger partial charge is 0.225 e. The molecule has 0 aromatic carbocycles. The van der Waals surface area contributed by atoms with Gasteiger partial charge in [-0.15, -0.1) is 0 Å². The monoisotopic (exact) mass is 225 g/mol. The Labute approximate surface area is 97.8 Å². The second kappa shape index (κ2) is 4.02. The Morgan fingerprint density at radius 3 is 2.50 bits per heavy atom. The van der Waals surface area contributed by atoms with Gasteiger partial charge in [-0.05, 0) is 31.1 Å². The predicted molar refractivity (Wildman–Crippen MR) is 62.9 cm³/mol. The van der Waals surface area contributed by atoms with E-state index in [1.807, 2.05) is 11.8 Å². The number of aliphatic hydroxyl groups is 1. The largest absolute Gasteiger partial charge is 0.388 e. The standard InChI is InChI=1S/C13H23NO2/c1-9(2)10(3)12(15)14-7-6-13(16,8-14)11-4-5-11/h9-11,16H,4-8H2,1-3H3. The van der Waals surface area contributed by atoms with Crippen LogP contribution in [0.1, 0.15) is 40.0 Å². The summed E-state index contributed by atoms with van der Waals surface area (Å²) in [5, 5.41) is 10.4. The molecule has 0 spiro atoms. The minimum Gasteiger partial charge on any atom is -0.388 e. The van der Waals surface area contributed by atoms with Crippen molar-refractivity contribution in [2.24, 2.45) is 17.8 Å². The highest BCUT2D eigenvalue weighted by atomic mass is 16.3. The van der Waals surface area contributed by atoms with E-state index in [2.05, 4.69) is 13.8 Å². The number of β-amino-alcohol motifs (C(OH)–C–C–N with tert-alkyl or cyclic N) is 1. The molecule has 1 aliphatic heterocycles. The molecule has 1 aliphatic carbocycles. The van der Waals surface area contributed by atoms with Gasteiger partial charge in [0.2, 0.25) is 5.91 Å². The van der Waals surface area contributed by atoms with E-state index in [0.717, 1.165) is 25.8 Å². The number of rotatable bonds is 3. The Bertz CT molecular complexity index is 286. The van der Waals surface area contributed by atoms with Crippen molar-refractivity contribution >= 4 is 5.91 Å². The molecule has 0 aromatic rings. The van der Waals surface area contributed by atoms with Crippen molar-refractivity contribution in [2.75, 3.05) is 13.1 Å². The summed E-state index contributed by atoms with van der Waals surface area (Å²) in [6.07, 6.45) is 3.05. The van der Waals surface area contributed by atoms with Crippen LogP contribution in [0.3, 0.4) is 0 Å². The average Bonchev–Trinajstić information content (AvgIpc) is 3.01. The summed E-state index contributed by atoms with van der Waals surface area (Å²) in [5.41, 5.74) is -0.563. The van der Waals surface area contributed by atoms with Crippen LogP contribution in [0.15, 0.2) is 0 Å². The first-order valence-corrected chi connectivity index (χ1v) is 6.45. The molecule has 2 atom stereocenters. The molecule has 92 valence electrons. The lowest BCUT2D eigenvalue weighted by molar-refractivity contribution is -0.136. The van der Waals surface area contributed by atoms with Gasteiger partial charge in [0.1, 0.15) is 0 Å². The van der Waals surface area contributed by atoms with Crippen LogP contribution in [0.4, 0.5) is 0 Å². The van der Waals surface area contributed by atoms with Gasteiger partial charge in [0.25, 0.3) is 0 Å². The lowest BCUT2D eigenvalue weighted by Crippen LogP contribution is -2.40. The third-order valence-corrected chi connectivity index (χ3v) is 4.32. The maximum Gasteiger partial charge on any atom is 0.225 e. The number of hydrogen-bond donors (Lipinski definition) is 1. The van der Waals surface area contributed by atoms with Gasteiger partial charge < -0.3 is 10.0 Å². The molecule has 1 N–H and O–H groups in total. The molecule has 3 nitrogen and oxygen atoms in total. The van der Waals surface area contributed by atoms with Crippen molar-refractivity contribution in [2.45, 2.75) is 45.6 Å². The van der Waals surface area contributed by atoms with Crippen molar-refractivity contribution in [1.29, 1.82) is 0 Å². The molecule has 0 bridgehead atoms. The highest BCUT2D eigenvalue weighted by molar-refractivity contribution is 5.79. The molecule has 2 unspecified atom stereocenters. The SMILES string of the molecule is CC(C)C(C)C(=O)N1CCC(O)(C2CC2)C1. The molecule has 1 amide bonds. The van der Waals surface area contributed by atoms with E-state index < -0.39 is 5.60 Å². The van der Waals surface area contributed by atoms with Gasteiger partial charge in [0.15, 0.2) is 0 Å². The minimum absolute atomic E-state index is 0.0709. The number of nitrogens with zero attached hydrogens (tertiary/aromatic N) is 1. The first kappa shape index (κ1) is 11.9. The van der Waals surface area contributed by atoms with Crippen LogP contribution in [-0.2, 0) is 4.79 Å². The first-order chi connectivity index (χ1) is 7.44. The number of carbonyl (C=O) groups is 1. The zero-order chi connectivity index (χ0) is 11.9. The van der Waals surface area contributed by atoms with Gasteiger partial charge in [0, 0.05) is 19.0 Å². The molecule has 1 heterocycles. The number of likely N-dealkylation sites (tertiary alicyclic amines) is 1. The molecule has 2 aliphatic rings. The van der Waals surface area contributed by atoms with Gasteiger partial charge in [0.05, 0.1) is 5.60 Å². The van der Waals surface area contributed by atoms with Crippen molar-refractivity contribution in [3.05, 3.63) is 0 Å². The zero-order valence-electron chi connectivity index (χ0n) is 10.6. The summed E-state index contributed by atoms with van der Waals surface area (Å²) in [4.78, 5) is 14.0. The summed E-state index contributed by atoms with van der Waals surface area (Å²) >= 11 is 0. The summed E-state index contributed by atoms with van der Waals surface area (Å²) in [6.45, 7) is 7.44. The highest BCUT2D eigenvalue weighted by Crippen LogP contribution is 2.44. The molecular weight excluding hydrogens is 202 g/mol. The van der Waals surface area contributed by atoms with Crippen molar-refractivity contribution in [3.8, 4) is 0 Å². The van der Waals surface area contributed by atoms with E-state index >= 15 is 0 Å². The average molecular weight is 225 g/mol. The topological polar surface area (TPSA) is 40.5 Å². The highest BCUT2D eigenvalue weighted by Gasteiger charge is 2.49. The van der Waals surface area contributed by atoms with Crippen LogP contribution in [0, 0.1) is 17.8 Å². The zero-order valence-corrected chi connectivity index (χ0v) is 10.6. The Hall–Kier alpha value is -0.570. The molecule has 2 rings (SSSR count). The molecule has 0 aromatic heterocycles. The van der Waals surface area contributed by atoms with Crippen molar-refractivity contribution in [1.82, 2.24) is 4.90 Å². The van der Waals surface area contributed by atoms with Crippen molar-refractivity contribution < 1.29 is 9.90 Å². The van der Waals surface area contributed by atoms with Crippen LogP contribution < -0.4 is 0 Å². The summed E-state index contributed by atoms with van der Waals surface area (Å²) in [6, 6.07) is 0. The number of carbonyl (C=O) groups excluding carboxylic acids is 1. The second-order valence-corrected chi connectivity index (χ2v) is 5.92. The Morgan fingerprint density at radius 1 is 1.38 bits per heavy atom. The molecule has 2 fully saturated rings. The summed E-state index contributed by atoms with van der Waals surface area (Å²) in [7, 11) is 0. The fourth-order valence-electron chi connectivity index (χ4n) is 2.53. The quantitative estimate of drug-likeness (QED) is 0.793. The minimum atomic E-state index is -0.563. The normalized spacial score (nSPS) is 32.2. The Kier molecular flexibility index (Phi) is 2.99. The second-order valence-electron chi connectivity index (χ2n) is 5.92. The van der Waals surface area contributed by atoms with E-state index in [0.29, 0.717) is 18.4 Å². The van der Waals surface area contributed by atoms with Gasteiger partial charge in [-0.3, -0.25) is 4.79 Å². The van der Waals surface area contributed by atoms with E-state index in [1.165, 1.54) is 0 Å². The van der Waals surface area contributed by atoms with E-state index in [4.69, 9.17) is 0 Å². The number of amides is 1. The van der Waals surface area contributed by atoms with Gasteiger partial charge in [-0.1, -0.05) is 20.8 Å². The van der Waals surface area contributed by atoms with Crippen LogP contribution in [0.2, 0.25) is 0 Å². The van der Waals surface area contributed by atoms with E-state index in [9.17, 15) is 9.90 Å². The predicted octanol–water partition coefficient (Wildman–Crippen LogP) is 1.65. The lowest BCUT2D eigenvalue weighted by atomic mass is 9.96. The molecular formula is C13H23NO2. The molecule has 1 saturated heterocycles. The fraction of sp³-hybridized carbons (Fsp3) is 0.923. The maximum atomic E-state index is 12.1. The van der Waals surface area contributed by atoms with Crippen LogP contribution in [0.25, 0.3) is 0 Å². The molecule has 16 heavy (non-hydrogen) atoms. The maximum absolute atomic E-state index is 12.1. The Morgan fingerprint density at radius 2 is 2.00 bits per heavy atom. The molecule has 1 saturated carbocycles. The lowest BCUT2D eigenvalue weighted by Gasteiger charge is -2.26. The Balaban J connectivity index is 1.95. The van der Waals surface area contributed by atoms with Gasteiger partial charge in [-0.25, -0.2) is 0 Å². The van der Waals surface area contributed by atoms with Crippen LogP contribution >= 0.6 is 0 Å². The van der Waals surface area contributed by atoms with Gasteiger partial charge in [-0.2, -0.15) is 0 Å². The van der Waals surface area contributed by atoms with E-state index in [-0.39, 0.29) is 11.8 Å².